The number of aliphatic hydroxyl groups excluding tert-OH is 1. The molecule has 41 heavy (non-hydrogen) atoms. The first-order chi connectivity index (χ1) is 19.8. The van der Waals surface area contributed by atoms with Crippen molar-refractivity contribution < 1.29 is 9.84 Å². The van der Waals surface area contributed by atoms with Gasteiger partial charge in [-0.25, -0.2) is 0 Å². The molecule has 7 heteroatoms. The highest BCUT2D eigenvalue weighted by Gasteiger charge is 2.24. The number of rotatable bonds is 10. The maximum absolute atomic E-state index is 12.6. The number of ether oxygens (including phenoxy) is 1. The van der Waals surface area contributed by atoms with Gasteiger partial charge in [-0.1, -0.05) is 24.3 Å². The second kappa shape index (κ2) is 13.3. The van der Waals surface area contributed by atoms with E-state index in [-0.39, 0.29) is 11.7 Å². The number of nitrogens with zero attached hydrogens (tertiary/aromatic N) is 2. The summed E-state index contributed by atoms with van der Waals surface area (Å²) in [5, 5.41) is 13.5. The molecule has 1 aromatic heterocycles. The molecule has 7 nitrogen and oxygen atoms in total. The number of H-pyrrole nitrogens is 1. The Morgan fingerprint density at radius 1 is 1.02 bits per heavy atom. The van der Waals surface area contributed by atoms with Crippen LogP contribution in [0.25, 0.3) is 11.1 Å². The molecule has 0 aliphatic carbocycles. The molecule has 0 bridgehead atoms. The van der Waals surface area contributed by atoms with Gasteiger partial charge in [0.05, 0.1) is 6.10 Å². The van der Waals surface area contributed by atoms with E-state index >= 15 is 0 Å². The predicted octanol–water partition coefficient (Wildman–Crippen LogP) is 4.83. The Hall–Kier alpha value is -2.97. The summed E-state index contributed by atoms with van der Waals surface area (Å²) in [5.74, 6) is 0. The van der Waals surface area contributed by atoms with Crippen LogP contribution < -0.4 is 15.8 Å². The zero-order valence-electron chi connectivity index (χ0n) is 25.1. The van der Waals surface area contributed by atoms with Gasteiger partial charge in [-0.05, 0) is 98.5 Å². The lowest BCUT2D eigenvalue weighted by Crippen LogP contribution is -2.40. The maximum Gasteiger partial charge on any atom is 0.252 e. The minimum absolute atomic E-state index is 0.0126. The van der Waals surface area contributed by atoms with Gasteiger partial charge in [0.25, 0.3) is 5.56 Å². The Labute approximate surface area is 244 Å². The number of likely N-dealkylation sites (tertiary alicyclic amines) is 1. The summed E-state index contributed by atoms with van der Waals surface area (Å²) in [7, 11) is 0. The highest BCUT2D eigenvalue weighted by atomic mass is 16.5. The van der Waals surface area contributed by atoms with Gasteiger partial charge in [0, 0.05) is 75.5 Å². The largest absolute Gasteiger partial charge is 0.392 e. The van der Waals surface area contributed by atoms with Crippen molar-refractivity contribution in [3.05, 3.63) is 86.3 Å². The van der Waals surface area contributed by atoms with Crippen LogP contribution in [0, 0.1) is 20.8 Å². The summed E-state index contributed by atoms with van der Waals surface area (Å²) in [4.78, 5) is 20.4. The van der Waals surface area contributed by atoms with Gasteiger partial charge in [-0.3, -0.25) is 9.69 Å². The summed E-state index contributed by atoms with van der Waals surface area (Å²) < 4.78 is 5.68. The van der Waals surface area contributed by atoms with Crippen LogP contribution in [0.2, 0.25) is 0 Å². The van der Waals surface area contributed by atoms with Crippen LogP contribution in [0.1, 0.15) is 59.7 Å². The number of aliphatic hydroxyl groups is 1. The second-order valence-electron chi connectivity index (χ2n) is 11.8. The Bertz CT molecular complexity index is 1380. The third-order valence-electron chi connectivity index (χ3n) is 8.82. The van der Waals surface area contributed by atoms with Crippen molar-refractivity contribution in [3.8, 4) is 11.1 Å². The van der Waals surface area contributed by atoms with Gasteiger partial charge in [0.2, 0.25) is 0 Å². The topological polar surface area (TPSA) is 80.8 Å². The van der Waals surface area contributed by atoms with E-state index < -0.39 is 0 Å². The first kappa shape index (κ1) is 29.5. The van der Waals surface area contributed by atoms with Crippen LogP contribution in [-0.2, 0) is 24.4 Å². The Balaban J connectivity index is 1.42. The van der Waals surface area contributed by atoms with Crippen LogP contribution in [0.5, 0.6) is 0 Å². The van der Waals surface area contributed by atoms with Crippen LogP contribution >= 0.6 is 0 Å². The SMILES string of the molecule is CCN(c1cc(-c2ccc(CN3CC[C@H](O)C3)cc2)cc(CNCc2c(C)cc(C)[nH]c2=O)c1C)C1CCOCC1. The molecule has 0 unspecified atom stereocenters. The van der Waals surface area contributed by atoms with E-state index in [1.54, 1.807) is 0 Å². The molecule has 5 rings (SSSR count). The number of pyridine rings is 1. The van der Waals surface area contributed by atoms with Crippen molar-refractivity contribution in [2.75, 3.05) is 37.7 Å². The molecule has 3 aromatic rings. The summed E-state index contributed by atoms with van der Waals surface area (Å²) in [6.07, 6.45) is 2.75. The summed E-state index contributed by atoms with van der Waals surface area (Å²) in [6.45, 7) is 14.8. The number of aryl methyl sites for hydroxylation is 2. The fourth-order valence-electron chi connectivity index (χ4n) is 6.47. The number of hydrogen-bond acceptors (Lipinski definition) is 6. The summed E-state index contributed by atoms with van der Waals surface area (Å²) >= 11 is 0. The number of benzene rings is 2. The highest BCUT2D eigenvalue weighted by Crippen LogP contribution is 2.34. The molecule has 0 spiro atoms. The van der Waals surface area contributed by atoms with E-state index in [0.717, 1.165) is 75.5 Å². The monoisotopic (exact) mass is 558 g/mol. The van der Waals surface area contributed by atoms with E-state index in [1.807, 2.05) is 19.9 Å². The second-order valence-corrected chi connectivity index (χ2v) is 11.8. The highest BCUT2D eigenvalue weighted by molar-refractivity contribution is 5.73. The van der Waals surface area contributed by atoms with Crippen LogP contribution in [0.4, 0.5) is 5.69 Å². The number of β-amino-alcohol motifs (C(OH)–C–C–N with tert-alkyl or cyclic N) is 1. The first-order valence-electron chi connectivity index (χ1n) is 15.2. The molecule has 0 amide bonds. The van der Waals surface area contributed by atoms with E-state index in [1.165, 1.54) is 33.5 Å². The van der Waals surface area contributed by atoms with E-state index in [2.05, 4.69) is 70.3 Å². The van der Waals surface area contributed by atoms with Crippen molar-refractivity contribution in [1.29, 1.82) is 0 Å². The van der Waals surface area contributed by atoms with Crippen LogP contribution in [0.15, 0.2) is 47.3 Å². The van der Waals surface area contributed by atoms with Crippen LogP contribution in [-0.4, -0.2) is 60.0 Å². The van der Waals surface area contributed by atoms with Gasteiger partial charge >= 0.3 is 0 Å². The van der Waals surface area contributed by atoms with Crippen molar-refractivity contribution in [2.24, 2.45) is 0 Å². The molecule has 2 aromatic carbocycles. The van der Waals surface area contributed by atoms with Crippen molar-refractivity contribution in [1.82, 2.24) is 15.2 Å². The van der Waals surface area contributed by atoms with Crippen molar-refractivity contribution >= 4 is 5.69 Å². The average Bonchev–Trinajstić information content (AvgIpc) is 3.37. The molecule has 220 valence electrons. The average molecular weight is 559 g/mol. The minimum atomic E-state index is -0.196. The molecule has 2 saturated heterocycles. The van der Waals surface area contributed by atoms with Gasteiger partial charge in [-0.15, -0.1) is 0 Å². The number of hydrogen-bond donors (Lipinski definition) is 3. The van der Waals surface area contributed by atoms with E-state index in [9.17, 15) is 9.90 Å². The molecule has 0 radical (unpaired) electrons. The molecule has 3 heterocycles. The van der Waals surface area contributed by atoms with Crippen LogP contribution in [0.3, 0.4) is 0 Å². The van der Waals surface area contributed by atoms with E-state index in [4.69, 9.17) is 4.74 Å². The zero-order valence-corrected chi connectivity index (χ0v) is 25.1. The number of aromatic nitrogens is 1. The molecular weight excluding hydrogens is 512 g/mol. The molecule has 0 saturated carbocycles. The standard InChI is InChI=1S/C34H46N4O3/c1-5-38(30-11-14-41-15-12-30)33-18-28(27-8-6-26(7-9-27)21-37-13-10-31(39)22-37)17-29(25(33)4)19-35-20-32-23(2)16-24(3)36-34(32)40/h6-9,16-18,30-31,35,39H,5,10-15,19-22H2,1-4H3,(H,36,40)/t31-/m0/s1. The predicted molar refractivity (Wildman–Crippen MR) is 166 cm³/mol. The quantitative estimate of drug-likeness (QED) is 0.331. The third-order valence-corrected chi connectivity index (χ3v) is 8.82. The minimum Gasteiger partial charge on any atom is -0.392 e. The van der Waals surface area contributed by atoms with Crippen molar-refractivity contribution in [2.45, 2.75) is 78.7 Å². The lowest BCUT2D eigenvalue weighted by molar-refractivity contribution is 0.0846. The molecule has 2 fully saturated rings. The smallest absolute Gasteiger partial charge is 0.252 e. The third kappa shape index (κ3) is 7.09. The Morgan fingerprint density at radius 3 is 2.44 bits per heavy atom. The number of anilines is 1. The lowest BCUT2D eigenvalue weighted by Gasteiger charge is -2.37. The fraction of sp³-hybridized carbons (Fsp3) is 0.500. The van der Waals surface area contributed by atoms with Crippen molar-refractivity contribution in [3.63, 3.8) is 0 Å². The molecule has 1 atom stereocenters. The number of aromatic amines is 1. The fourth-order valence-corrected chi connectivity index (χ4v) is 6.47. The molecule has 3 N–H and O–H groups in total. The van der Waals surface area contributed by atoms with Gasteiger partial charge < -0.3 is 25.0 Å². The molecule has 2 aliphatic heterocycles. The normalized spacial score (nSPS) is 18.2. The maximum atomic E-state index is 12.6. The summed E-state index contributed by atoms with van der Waals surface area (Å²) in [6, 6.07) is 16.1. The van der Waals surface area contributed by atoms with Gasteiger partial charge in [-0.2, -0.15) is 0 Å². The zero-order chi connectivity index (χ0) is 28.9. The Kier molecular flexibility index (Phi) is 9.60. The summed E-state index contributed by atoms with van der Waals surface area (Å²) in [5.41, 5.74) is 10.2. The Morgan fingerprint density at radius 2 is 1.78 bits per heavy atom. The first-order valence-corrected chi connectivity index (χ1v) is 15.2. The lowest BCUT2D eigenvalue weighted by atomic mass is 9.95. The van der Waals surface area contributed by atoms with Gasteiger partial charge in [0.15, 0.2) is 0 Å². The molecule has 2 aliphatic rings. The molecular formula is C34H46N4O3. The van der Waals surface area contributed by atoms with Gasteiger partial charge in [0.1, 0.15) is 0 Å². The van der Waals surface area contributed by atoms with E-state index in [0.29, 0.717) is 19.1 Å². The number of nitrogens with one attached hydrogen (secondary N) is 2.